The van der Waals surface area contributed by atoms with Crippen LogP contribution in [0.5, 0.6) is 0 Å². The monoisotopic (exact) mass is 257 g/mol. The van der Waals surface area contributed by atoms with Crippen LogP contribution < -0.4 is 0 Å². The van der Waals surface area contributed by atoms with Gasteiger partial charge in [0, 0.05) is 19.7 Å². The number of aliphatic carboxylic acids is 1. The molecule has 1 aliphatic rings. The number of rotatable bonds is 7. The Morgan fingerprint density at radius 1 is 1.44 bits per heavy atom. The molecule has 0 aromatic carbocycles. The van der Waals surface area contributed by atoms with E-state index < -0.39 is 11.9 Å². The van der Waals surface area contributed by atoms with Gasteiger partial charge in [0.2, 0.25) is 0 Å². The first-order valence-corrected chi connectivity index (χ1v) is 6.50. The Morgan fingerprint density at radius 3 is 2.56 bits per heavy atom. The highest BCUT2D eigenvalue weighted by atomic mass is 16.5. The highest BCUT2D eigenvalue weighted by Crippen LogP contribution is 2.16. The van der Waals surface area contributed by atoms with E-state index in [1.165, 1.54) is 0 Å². The predicted molar refractivity (Wildman–Crippen MR) is 67.5 cm³/mol. The van der Waals surface area contributed by atoms with Crippen LogP contribution in [0.4, 0.5) is 0 Å². The van der Waals surface area contributed by atoms with Gasteiger partial charge in [0.05, 0.1) is 18.1 Å². The SMILES string of the molecule is CC(=O)C(C)N(CC1CCCO1)CC(C)C(=O)O. The number of ketones is 1. The number of nitrogens with zero attached hydrogens (tertiary/aromatic N) is 1. The summed E-state index contributed by atoms with van der Waals surface area (Å²) in [6, 6.07) is -0.254. The number of carbonyl (C=O) groups is 2. The van der Waals surface area contributed by atoms with Gasteiger partial charge in [0.1, 0.15) is 5.78 Å². The summed E-state index contributed by atoms with van der Waals surface area (Å²) in [5.74, 6) is -1.25. The number of carbonyl (C=O) groups excluding carboxylic acids is 1. The molecular weight excluding hydrogens is 234 g/mol. The molecule has 1 N–H and O–H groups in total. The Morgan fingerprint density at radius 2 is 2.11 bits per heavy atom. The van der Waals surface area contributed by atoms with Gasteiger partial charge in [-0.2, -0.15) is 0 Å². The van der Waals surface area contributed by atoms with Crippen molar-refractivity contribution in [2.24, 2.45) is 5.92 Å². The third kappa shape index (κ3) is 4.38. The van der Waals surface area contributed by atoms with Crippen LogP contribution in [0.2, 0.25) is 0 Å². The van der Waals surface area contributed by atoms with Crippen molar-refractivity contribution in [1.29, 1.82) is 0 Å². The van der Waals surface area contributed by atoms with E-state index >= 15 is 0 Å². The highest BCUT2D eigenvalue weighted by Gasteiger charge is 2.27. The summed E-state index contributed by atoms with van der Waals surface area (Å²) in [4.78, 5) is 24.3. The maximum absolute atomic E-state index is 11.5. The number of carboxylic acid groups (broad SMARTS) is 1. The molecule has 0 aromatic heterocycles. The van der Waals surface area contributed by atoms with E-state index in [4.69, 9.17) is 9.84 Å². The Kier molecular flexibility index (Phi) is 5.75. The molecule has 0 radical (unpaired) electrons. The second kappa shape index (κ2) is 6.85. The summed E-state index contributed by atoms with van der Waals surface area (Å²) in [5.41, 5.74) is 0. The maximum atomic E-state index is 11.5. The lowest BCUT2D eigenvalue weighted by molar-refractivity contribution is -0.142. The van der Waals surface area contributed by atoms with Crippen molar-refractivity contribution in [1.82, 2.24) is 4.90 Å². The molecule has 3 unspecified atom stereocenters. The van der Waals surface area contributed by atoms with Crippen molar-refractivity contribution in [3.63, 3.8) is 0 Å². The van der Waals surface area contributed by atoms with E-state index in [9.17, 15) is 9.59 Å². The van der Waals surface area contributed by atoms with E-state index in [-0.39, 0.29) is 17.9 Å². The lowest BCUT2D eigenvalue weighted by atomic mass is 10.1. The van der Waals surface area contributed by atoms with Gasteiger partial charge in [0.15, 0.2) is 0 Å². The topological polar surface area (TPSA) is 66.8 Å². The second-order valence-electron chi connectivity index (χ2n) is 5.11. The first-order valence-electron chi connectivity index (χ1n) is 6.50. The molecule has 1 aliphatic heterocycles. The van der Waals surface area contributed by atoms with Crippen molar-refractivity contribution in [2.45, 2.75) is 45.8 Å². The molecule has 5 heteroatoms. The van der Waals surface area contributed by atoms with Crippen molar-refractivity contribution in [3.05, 3.63) is 0 Å². The number of Topliss-reactive ketones (excluding diaryl/α,β-unsaturated/α-hetero) is 1. The second-order valence-corrected chi connectivity index (χ2v) is 5.11. The number of hydrogen-bond donors (Lipinski definition) is 1. The molecule has 1 heterocycles. The van der Waals surface area contributed by atoms with E-state index in [0.717, 1.165) is 19.4 Å². The fourth-order valence-corrected chi connectivity index (χ4v) is 2.13. The summed E-state index contributed by atoms with van der Waals surface area (Å²) < 4.78 is 5.55. The fourth-order valence-electron chi connectivity index (χ4n) is 2.13. The van der Waals surface area contributed by atoms with Crippen LogP contribution in [0.15, 0.2) is 0 Å². The normalized spacial score (nSPS) is 23.0. The molecule has 3 atom stereocenters. The third-order valence-corrected chi connectivity index (χ3v) is 3.53. The van der Waals surface area contributed by atoms with E-state index in [0.29, 0.717) is 13.1 Å². The first-order chi connectivity index (χ1) is 8.41. The molecule has 0 spiro atoms. The van der Waals surface area contributed by atoms with Gasteiger partial charge in [0.25, 0.3) is 0 Å². The average Bonchev–Trinajstić information content (AvgIpc) is 2.79. The molecule has 0 bridgehead atoms. The fraction of sp³-hybridized carbons (Fsp3) is 0.846. The molecule has 104 valence electrons. The summed E-state index contributed by atoms with van der Waals surface area (Å²) in [7, 11) is 0. The van der Waals surface area contributed by atoms with Crippen LogP contribution in [0.25, 0.3) is 0 Å². The standard InChI is InChI=1S/C13H23NO4/c1-9(13(16)17)7-14(10(2)11(3)15)8-12-5-4-6-18-12/h9-10,12H,4-8H2,1-3H3,(H,16,17). The Balaban J connectivity index is 2.61. The Hall–Kier alpha value is -0.940. The van der Waals surface area contributed by atoms with Gasteiger partial charge in [-0.3, -0.25) is 14.5 Å². The largest absolute Gasteiger partial charge is 0.481 e. The Bertz CT molecular complexity index is 299. The van der Waals surface area contributed by atoms with Crippen LogP contribution >= 0.6 is 0 Å². The van der Waals surface area contributed by atoms with Crippen LogP contribution in [-0.4, -0.2) is 53.6 Å². The van der Waals surface area contributed by atoms with E-state index in [2.05, 4.69) is 0 Å². The smallest absolute Gasteiger partial charge is 0.307 e. The van der Waals surface area contributed by atoms with Gasteiger partial charge in [-0.25, -0.2) is 0 Å². The molecule has 18 heavy (non-hydrogen) atoms. The number of hydrogen-bond acceptors (Lipinski definition) is 4. The zero-order chi connectivity index (χ0) is 13.7. The van der Waals surface area contributed by atoms with Crippen molar-refractivity contribution >= 4 is 11.8 Å². The highest BCUT2D eigenvalue weighted by molar-refractivity contribution is 5.81. The van der Waals surface area contributed by atoms with Crippen LogP contribution in [-0.2, 0) is 14.3 Å². The lowest BCUT2D eigenvalue weighted by Crippen LogP contribution is -2.45. The molecule has 0 aromatic rings. The van der Waals surface area contributed by atoms with Gasteiger partial charge < -0.3 is 9.84 Å². The van der Waals surface area contributed by atoms with E-state index in [1.54, 1.807) is 13.8 Å². The molecule has 0 aliphatic carbocycles. The molecule has 0 amide bonds. The Labute approximate surface area is 108 Å². The first kappa shape index (κ1) is 15.1. The van der Waals surface area contributed by atoms with Crippen LogP contribution in [0.3, 0.4) is 0 Å². The zero-order valence-corrected chi connectivity index (χ0v) is 11.4. The molecule has 1 saturated heterocycles. The van der Waals surface area contributed by atoms with Gasteiger partial charge in [-0.15, -0.1) is 0 Å². The van der Waals surface area contributed by atoms with Crippen molar-refractivity contribution in [2.75, 3.05) is 19.7 Å². The minimum Gasteiger partial charge on any atom is -0.481 e. The predicted octanol–water partition coefficient (Wildman–Crippen LogP) is 1.17. The third-order valence-electron chi connectivity index (χ3n) is 3.53. The molecule has 0 saturated carbocycles. The van der Waals surface area contributed by atoms with Crippen molar-refractivity contribution in [3.8, 4) is 0 Å². The van der Waals surface area contributed by atoms with Crippen LogP contribution in [0.1, 0.15) is 33.6 Å². The van der Waals surface area contributed by atoms with Crippen molar-refractivity contribution < 1.29 is 19.4 Å². The quantitative estimate of drug-likeness (QED) is 0.741. The number of ether oxygens (including phenoxy) is 1. The average molecular weight is 257 g/mol. The minimum absolute atomic E-state index is 0.0607. The van der Waals surface area contributed by atoms with Gasteiger partial charge in [-0.05, 0) is 26.7 Å². The summed E-state index contributed by atoms with van der Waals surface area (Å²) in [5, 5.41) is 8.97. The zero-order valence-electron chi connectivity index (χ0n) is 11.4. The molecular formula is C13H23NO4. The molecule has 5 nitrogen and oxygen atoms in total. The lowest BCUT2D eigenvalue weighted by Gasteiger charge is -2.30. The minimum atomic E-state index is -0.830. The number of carboxylic acids is 1. The van der Waals surface area contributed by atoms with Crippen LogP contribution in [0, 0.1) is 5.92 Å². The summed E-state index contributed by atoms with van der Waals surface area (Å²) >= 11 is 0. The summed E-state index contributed by atoms with van der Waals surface area (Å²) in [6.07, 6.45) is 2.16. The van der Waals surface area contributed by atoms with Gasteiger partial charge in [-0.1, -0.05) is 6.92 Å². The van der Waals surface area contributed by atoms with Gasteiger partial charge >= 0.3 is 5.97 Å². The molecule has 1 rings (SSSR count). The summed E-state index contributed by atoms with van der Waals surface area (Å²) in [6.45, 7) is 6.82. The maximum Gasteiger partial charge on any atom is 0.307 e. The van der Waals surface area contributed by atoms with E-state index in [1.807, 2.05) is 11.8 Å². The molecule has 1 fully saturated rings.